The first-order chi connectivity index (χ1) is 11.7. The van der Waals surface area contributed by atoms with Crippen LogP contribution in [0.15, 0.2) is 60.7 Å². The number of hydrogen-bond acceptors (Lipinski definition) is 3. The molecule has 0 radical (unpaired) electrons. The molecule has 0 aliphatic heterocycles. The smallest absolute Gasteiger partial charge is 0.274 e. The van der Waals surface area contributed by atoms with Gasteiger partial charge >= 0.3 is 0 Å². The van der Waals surface area contributed by atoms with Gasteiger partial charge in [-0.25, -0.2) is 4.98 Å². The molecule has 122 valence electrons. The molecule has 0 saturated carbocycles. The maximum atomic E-state index is 12.4. The molecule has 3 rings (SSSR count). The number of nitrogens with zero attached hydrogens (tertiary/aromatic N) is 2. The van der Waals surface area contributed by atoms with Crippen LogP contribution in [0.1, 0.15) is 24.3 Å². The molecule has 3 aromatic rings. The van der Waals surface area contributed by atoms with Crippen LogP contribution < -0.4 is 10.2 Å². The first-order valence-corrected chi connectivity index (χ1v) is 8.23. The Bertz CT molecular complexity index is 839. The van der Waals surface area contributed by atoms with E-state index in [9.17, 15) is 4.79 Å². The second kappa shape index (κ2) is 7.13. The van der Waals surface area contributed by atoms with E-state index in [-0.39, 0.29) is 5.91 Å². The third-order valence-electron chi connectivity index (χ3n) is 4.08. The molecule has 0 bridgehead atoms. The Hall–Kier alpha value is -2.88. The Morgan fingerprint density at radius 3 is 2.38 bits per heavy atom. The van der Waals surface area contributed by atoms with Crippen LogP contribution in [0.3, 0.4) is 0 Å². The molecule has 4 nitrogen and oxygen atoms in total. The van der Waals surface area contributed by atoms with Gasteiger partial charge in [-0.05, 0) is 50.2 Å². The van der Waals surface area contributed by atoms with Gasteiger partial charge in [-0.3, -0.25) is 4.79 Å². The van der Waals surface area contributed by atoms with Crippen LogP contribution in [-0.4, -0.2) is 24.0 Å². The normalized spacial score (nSPS) is 10.6. The highest BCUT2D eigenvalue weighted by atomic mass is 16.1. The van der Waals surface area contributed by atoms with Crippen molar-refractivity contribution in [2.24, 2.45) is 0 Å². The summed E-state index contributed by atoms with van der Waals surface area (Å²) in [4.78, 5) is 19.1. The van der Waals surface area contributed by atoms with Crippen LogP contribution >= 0.6 is 0 Å². The van der Waals surface area contributed by atoms with E-state index in [0.29, 0.717) is 5.69 Å². The fourth-order valence-electron chi connectivity index (χ4n) is 2.73. The lowest BCUT2D eigenvalue weighted by Crippen LogP contribution is -2.21. The minimum Gasteiger partial charge on any atom is -0.372 e. The number of amides is 1. The zero-order chi connectivity index (χ0) is 16.9. The van der Waals surface area contributed by atoms with Crippen molar-refractivity contribution in [3.05, 3.63) is 66.4 Å². The van der Waals surface area contributed by atoms with Gasteiger partial charge < -0.3 is 10.2 Å². The first kappa shape index (κ1) is 16.0. The van der Waals surface area contributed by atoms with E-state index in [1.165, 1.54) is 0 Å². The van der Waals surface area contributed by atoms with Gasteiger partial charge in [-0.1, -0.05) is 24.3 Å². The summed E-state index contributed by atoms with van der Waals surface area (Å²) in [5.41, 5.74) is 3.16. The van der Waals surface area contributed by atoms with Crippen LogP contribution in [0.4, 0.5) is 11.4 Å². The van der Waals surface area contributed by atoms with Crippen molar-refractivity contribution in [1.29, 1.82) is 0 Å². The molecule has 0 unspecified atom stereocenters. The van der Waals surface area contributed by atoms with Crippen molar-refractivity contribution in [2.45, 2.75) is 13.8 Å². The highest BCUT2D eigenvalue weighted by Crippen LogP contribution is 2.18. The fourth-order valence-corrected chi connectivity index (χ4v) is 2.73. The minimum absolute atomic E-state index is 0.198. The van der Waals surface area contributed by atoms with Gasteiger partial charge in [-0.15, -0.1) is 0 Å². The average Bonchev–Trinajstić information content (AvgIpc) is 2.63. The topological polar surface area (TPSA) is 45.2 Å². The van der Waals surface area contributed by atoms with E-state index in [4.69, 9.17) is 0 Å². The molecule has 0 saturated heterocycles. The van der Waals surface area contributed by atoms with Gasteiger partial charge in [0.1, 0.15) is 5.69 Å². The van der Waals surface area contributed by atoms with Crippen molar-refractivity contribution in [2.75, 3.05) is 23.3 Å². The van der Waals surface area contributed by atoms with E-state index < -0.39 is 0 Å². The van der Waals surface area contributed by atoms with E-state index in [0.717, 1.165) is 35.4 Å². The van der Waals surface area contributed by atoms with Gasteiger partial charge in [0.25, 0.3) is 5.91 Å². The third kappa shape index (κ3) is 3.38. The van der Waals surface area contributed by atoms with Crippen molar-refractivity contribution in [3.63, 3.8) is 0 Å². The molecular weight excluding hydrogens is 298 g/mol. The van der Waals surface area contributed by atoms with Gasteiger partial charge in [0.05, 0.1) is 5.52 Å². The Kier molecular flexibility index (Phi) is 4.75. The largest absolute Gasteiger partial charge is 0.372 e. The number of pyridine rings is 1. The van der Waals surface area contributed by atoms with Gasteiger partial charge in [0, 0.05) is 29.9 Å². The zero-order valence-electron chi connectivity index (χ0n) is 14.0. The van der Waals surface area contributed by atoms with E-state index in [1.54, 1.807) is 6.07 Å². The summed E-state index contributed by atoms with van der Waals surface area (Å²) in [6.45, 7) is 6.18. The van der Waals surface area contributed by atoms with Gasteiger partial charge in [-0.2, -0.15) is 0 Å². The molecule has 2 aromatic carbocycles. The van der Waals surface area contributed by atoms with Crippen molar-refractivity contribution < 1.29 is 4.79 Å². The summed E-state index contributed by atoms with van der Waals surface area (Å²) in [5, 5.41) is 3.93. The van der Waals surface area contributed by atoms with Crippen LogP contribution in [0.2, 0.25) is 0 Å². The standard InChI is InChI=1S/C20H21N3O/c1-3-23(4-2)17-12-10-16(11-13-17)21-20(24)19-14-9-15-7-5-6-8-18(15)22-19/h5-14H,3-4H2,1-2H3,(H,21,24). The lowest BCUT2D eigenvalue weighted by atomic mass is 10.2. The summed E-state index contributed by atoms with van der Waals surface area (Å²) < 4.78 is 0. The zero-order valence-corrected chi connectivity index (χ0v) is 14.0. The Labute approximate surface area is 142 Å². The second-order valence-corrected chi connectivity index (χ2v) is 5.56. The monoisotopic (exact) mass is 319 g/mol. The summed E-state index contributed by atoms with van der Waals surface area (Å²) in [5.74, 6) is -0.198. The predicted molar refractivity (Wildman–Crippen MR) is 99.7 cm³/mol. The lowest BCUT2D eigenvalue weighted by Gasteiger charge is -2.21. The third-order valence-corrected chi connectivity index (χ3v) is 4.08. The number of hydrogen-bond donors (Lipinski definition) is 1. The van der Waals surface area contributed by atoms with Crippen LogP contribution in [-0.2, 0) is 0 Å². The Morgan fingerprint density at radius 2 is 1.67 bits per heavy atom. The molecule has 1 aromatic heterocycles. The first-order valence-electron chi connectivity index (χ1n) is 8.23. The number of fused-ring (bicyclic) bond motifs is 1. The fraction of sp³-hybridized carbons (Fsp3) is 0.200. The number of rotatable bonds is 5. The molecule has 0 fully saturated rings. The summed E-state index contributed by atoms with van der Waals surface area (Å²) >= 11 is 0. The maximum Gasteiger partial charge on any atom is 0.274 e. The van der Waals surface area contributed by atoms with Gasteiger partial charge in [0.15, 0.2) is 0 Å². The Morgan fingerprint density at radius 1 is 0.958 bits per heavy atom. The van der Waals surface area contributed by atoms with E-state index >= 15 is 0 Å². The molecule has 0 spiro atoms. The quantitative estimate of drug-likeness (QED) is 0.761. The lowest BCUT2D eigenvalue weighted by molar-refractivity contribution is 0.102. The summed E-state index contributed by atoms with van der Waals surface area (Å²) in [7, 11) is 0. The second-order valence-electron chi connectivity index (χ2n) is 5.56. The van der Waals surface area contributed by atoms with Crippen LogP contribution in [0, 0.1) is 0 Å². The van der Waals surface area contributed by atoms with Crippen molar-refractivity contribution >= 4 is 28.2 Å². The average molecular weight is 319 g/mol. The highest BCUT2D eigenvalue weighted by molar-refractivity contribution is 6.04. The molecule has 0 atom stereocenters. The summed E-state index contributed by atoms with van der Waals surface area (Å²) in [6, 6.07) is 19.3. The van der Waals surface area contributed by atoms with Crippen LogP contribution in [0.5, 0.6) is 0 Å². The number of carbonyl (C=O) groups is 1. The Balaban J connectivity index is 1.76. The number of benzene rings is 2. The number of carbonyl (C=O) groups excluding carboxylic acids is 1. The number of aromatic nitrogens is 1. The minimum atomic E-state index is -0.198. The molecule has 1 N–H and O–H groups in total. The van der Waals surface area contributed by atoms with Crippen LogP contribution in [0.25, 0.3) is 10.9 Å². The number of para-hydroxylation sites is 1. The van der Waals surface area contributed by atoms with Crippen molar-refractivity contribution in [3.8, 4) is 0 Å². The molecule has 0 aliphatic rings. The van der Waals surface area contributed by atoms with E-state index in [2.05, 4.69) is 29.0 Å². The molecule has 0 aliphatic carbocycles. The number of anilines is 2. The van der Waals surface area contributed by atoms with Crippen molar-refractivity contribution in [1.82, 2.24) is 4.98 Å². The molecule has 4 heteroatoms. The molecule has 24 heavy (non-hydrogen) atoms. The maximum absolute atomic E-state index is 12.4. The van der Waals surface area contributed by atoms with E-state index in [1.807, 2.05) is 54.6 Å². The predicted octanol–water partition coefficient (Wildman–Crippen LogP) is 4.33. The highest BCUT2D eigenvalue weighted by Gasteiger charge is 2.09. The van der Waals surface area contributed by atoms with Gasteiger partial charge in [0.2, 0.25) is 0 Å². The molecule has 1 heterocycles. The molecule has 1 amide bonds. The number of nitrogens with one attached hydrogen (secondary N) is 1. The summed E-state index contributed by atoms with van der Waals surface area (Å²) in [6.07, 6.45) is 0. The molecular formula is C20H21N3O. The SMILES string of the molecule is CCN(CC)c1ccc(NC(=O)c2ccc3ccccc3n2)cc1.